The fraction of sp³-hybridized carbons (Fsp3) is 0.810. The van der Waals surface area contributed by atoms with Gasteiger partial charge in [-0.05, 0) is 65.1 Å². The van der Waals surface area contributed by atoms with Crippen LogP contribution in [0.5, 0.6) is 0 Å². The lowest BCUT2D eigenvalue weighted by atomic mass is 9.78. The summed E-state index contributed by atoms with van der Waals surface area (Å²) in [5.41, 5.74) is -0.777. The number of carbonyl (C=O) groups excluding carboxylic acids is 2. The number of nitriles is 1. The van der Waals surface area contributed by atoms with Crippen LogP contribution >= 0.6 is 0 Å². The molecule has 1 atom stereocenters. The second-order valence-corrected chi connectivity index (χ2v) is 8.73. The van der Waals surface area contributed by atoms with E-state index in [1.165, 1.54) is 0 Å². The highest BCUT2D eigenvalue weighted by atomic mass is 16.5. The van der Waals surface area contributed by atoms with Crippen LogP contribution in [0.25, 0.3) is 0 Å². The van der Waals surface area contributed by atoms with Gasteiger partial charge in [0.2, 0.25) is 11.9 Å². The third kappa shape index (κ3) is 6.55. The molecule has 10 heteroatoms. The van der Waals surface area contributed by atoms with Crippen LogP contribution in [-0.2, 0) is 14.3 Å². The number of ether oxygens (including phenoxy) is 2. The molecule has 2 heterocycles. The first-order chi connectivity index (χ1) is 14.9. The number of piperidine rings is 1. The summed E-state index contributed by atoms with van der Waals surface area (Å²) in [4.78, 5) is 33.7. The molecule has 2 N–H and O–H groups in total. The Hall–Kier alpha value is -2.38. The molecule has 172 valence electrons. The Bertz CT molecular complexity index is 703. The number of morpholine rings is 1. The molecule has 2 amide bonds. The van der Waals surface area contributed by atoms with Crippen LogP contribution in [0, 0.1) is 17.2 Å². The number of guanidine groups is 1. The number of hydrogen-bond donors (Lipinski definition) is 2. The molecule has 3 aliphatic rings. The smallest absolute Gasteiger partial charge is 0.413 e. The molecule has 0 aromatic rings. The molecule has 0 unspecified atom stereocenters. The summed E-state index contributed by atoms with van der Waals surface area (Å²) in [5, 5.41) is 14.9. The molecule has 10 nitrogen and oxygen atoms in total. The summed E-state index contributed by atoms with van der Waals surface area (Å²) in [6.07, 6.45) is 3.68. The standard InChI is InChI=1S/C21H34N6O4/c1-16(18(28)25-21(15-22)6-3-7-21)23-19(27-10-12-30-13-11-27)24-20(29)31-14-17-4-8-26(2)9-5-17/h16-17H,3-14H2,1-2H3,(H,25,28)(H,23,24,29)/t16-/m0/s1. The van der Waals surface area contributed by atoms with Gasteiger partial charge in [-0.15, -0.1) is 0 Å². The van der Waals surface area contributed by atoms with Gasteiger partial charge in [0.05, 0.1) is 25.9 Å². The van der Waals surface area contributed by atoms with Gasteiger partial charge in [-0.3, -0.25) is 10.1 Å². The summed E-state index contributed by atoms with van der Waals surface area (Å²) >= 11 is 0. The van der Waals surface area contributed by atoms with Crippen molar-refractivity contribution in [2.24, 2.45) is 10.9 Å². The lowest BCUT2D eigenvalue weighted by Crippen LogP contribution is -2.55. The van der Waals surface area contributed by atoms with Crippen molar-refractivity contribution in [1.29, 1.82) is 5.26 Å². The Labute approximate surface area is 183 Å². The van der Waals surface area contributed by atoms with Gasteiger partial charge in [-0.2, -0.15) is 5.26 Å². The maximum absolute atomic E-state index is 12.6. The highest BCUT2D eigenvalue weighted by Gasteiger charge is 2.39. The monoisotopic (exact) mass is 434 g/mol. The predicted octanol–water partition coefficient (Wildman–Crippen LogP) is 0.694. The molecule has 2 saturated heterocycles. The van der Waals surface area contributed by atoms with Crippen LogP contribution in [0.2, 0.25) is 0 Å². The van der Waals surface area contributed by atoms with Gasteiger partial charge < -0.3 is 24.6 Å². The van der Waals surface area contributed by atoms with E-state index in [2.05, 4.69) is 33.6 Å². The van der Waals surface area contributed by atoms with Crippen LogP contribution in [0.3, 0.4) is 0 Å². The lowest BCUT2D eigenvalue weighted by Gasteiger charge is -2.36. The van der Waals surface area contributed by atoms with Crippen molar-refractivity contribution in [3.8, 4) is 6.07 Å². The quantitative estimate of drug-likeness (QED) is 0.483. The van der Waals surface area contributed by atoms with E-state index in [0.717, 1.165) is 32.4 Å². The second kappa shape index (κ2) is 10.8. The number of aliphatic imine (C=N–C) groups is 1. The number of likely N-dealkylation sites (tertiary alicyclic amines) is 1. The van der Waals surface area contributed by atoms with E-state index in [1.54, 1.807) is 6.92 Å². The average Bonchev–Trinajstić information content (AvgIpc) is 2.75. The Balaban J connectivity index is 1.58. The number of nitrogens with zero attached hydrogens (tertiary/aromatic N) is 4. The first kappa shape index (κ1) is 23.3. The Morgan fingerprint density at radius 2 is 1.94 bits per heavy atom. The largest absolute Gasteiger partial charge is 0.449 e. The third-order valence-corrected chi connectivity index (χ3v) is 6.29. The lowest BCUT2D eigenvalue weighted by molar-refractivity contribution is -0.124. The van der Waals surface area contributed by atoms with Gasteiger partial charge in [0.1, 0.15) is 11.6 Å². The fourth-order valence-corrected chi connectivity index (χ4v) is 3.90. The summed E-state index contributed by atoms with van der Waals surface area (Å²) in [6, 6.07) is 1.45. The Morgan fingerprint density at radius 3 is 2.52 bits per heavy atom. The normalized spacial score (nSPS) is 23.3. The van der Waals surface area contributed by atoms with Gasteiger partial charge >= 0.3 is 6.09 Å². The van der Waals surface area contributed by atoms with Crippen molar-refractivity contribution >= 4 is 18.0 Å². The second-order valence-electron chi connectivity index (χ2n) is 8.73. The van der Waals surface area contributed by atoms with Crippen LogP contribution < -0.4 is 10.6 Å². The van der Waals surface area contributed by atoms with Crippen LogP contribution in [0.4, 0.5) is 4.79 Å². The molecule has 0 aromatic heterocycles. The SMILES string of the molecule is C[C@H](N=C(NC(=O)OCC1CCN(C)CC1)N1CCOCC1)C(=O)NC1(C#N)CCC1. The van der Waals surface area contributed by atoms with Crippen LogP contribution in [0.1, 0.15) is 39.0 Å². The van der Waals surface area contributed by atoms with E-state index in [1.807, 2.05) is 4.90 Å². The van der Waals surface area contributed by atoms with E-state index in [4.69, 9.17) is 9.47 Å². The van der Waals surface area contributed by atoms with Gasteiger partial charge in [-0.25, -0.2) is 9.79 Å². The molecular formula is C21H34N6O4. The minimum absolute atomic E-state index is 0.305. The number of carbonyl (C=O) groups is 2. The number of nitrogens with one attached hydrogen (secondary N) is 2. The van der Waals surface area contributed by atoms with Crippen molar-refractivity contribution in [1.82, 2.24) is 20.4 Å². The summed E-state index contributed by atoms with van der Waals surface area (Å²) in [6.45, 7) is 6.20. The maximum atomic E-state index is 12.6. The van der Waals surface area contributed by atoms with Crippen molar-refractivity contribution in [3.63, 3.8) is 0 Å². The average molecular weight is 435 g/mol. The van der Waals surface area contributed by atoms with Crippen molar-refractivity contribution < 1.29 is 19.1 Å². The topological polar surface area (TPSA) is 119 Å². The van der Waals surface area contributed by atoms with Crippen molar-refractivity contribution in [2.45, 2.75) is 50.6 Å². The molecule has 1 aliphatic carbocycles. The molecule has 0 radical (unpaired) electrons. The van der Waals surface area contributed by atoms with Crippen LogP contribution in [-0.4, -0.2) is 92.4 Å². The summed E-state index contributed by atoms with van der Waals surface area (Å²) in [5.74, 6) is 0.340. The number of alkyl carbamates (subject to hydrolysis) is 1. The first-order valence-corrected chi connectivity index (χ1v) is 11.2. The van der Waals surface area contributed by atoms with E-state index in [0.29, 0.717) is 57.6 Å². The molecule has 0 aromatic carbocycles. The van der Waals surface area contributed by atoms with E-state index in [-0.39, 0.29) is 5.91 Å². The molecular weight excluding hydrogens is 400 g/mol. The highest BCUT2D eigenvalue weighted by Crippen LogP contribution is 2.31. The minimum Gasteiger partial charge on any atom is -0.449 e. The minimum atomic E-state index is -0.777. The summed E-state index contributed by atoms with van der Waals surface area (Å²) in [7, 11) is 2.09. The Morgan fingerprint density at radius 1 is 1.26 bits per heavy atom. The van der Waals surface area contributed by atoms with Gasteiger partial charge in [0.15, 0.2) is 0 Å². The number of rotatable bonds is 5. The molecule has 31 heavy (non-hydrogen) atoms. The van der Waals surface area contributed by atoms with E-state index >= 15 is 0 Å². The number of hydrogen-bond acceptors (Lipinski definition) is 7. The highest BCUT2D eigenvalue weighted by molar-refractivity contribution is 5.95. The molecule has 1 saturated carbocycles. The summed E-state index contributed by atoms with van der Waals surface area (Å²) < 4.78 is 10.8. The Kier molecular flexibility index (Phi) is 8.09. The maximum Gasteiger partial charge on any atom is 0.413 e. The third-order valence-electron chi connectivity index (χ3n) is 6.29. The zero-order valence-corrected chi connectivity index (χ0v) is 18.6. The molecule has 0 bridgehead atoms. The van der Waals surface area contributed by atoms with Crippen molar-refractivity contribution in [2.75, 3.05) is 53.0 Å². The molecule has 3 fully saturated rings. The molecule has 2 aliphatic heterocycles. The van der Waals surface area contributed by atoms with E-state index < -0.39 is 17.7 Å². The molecule has 3 rings (SSSR count). The predicted molar refractivity (Wildman–Crippen MR) is 114 cm³/mol. The van der Waals surface area contributed by atoms with E-state index in [9.17, 15) is 14.9 Å². The van der Waals surface area contributed by atoms with Gasteiger partial charge in [0.25, 0.3) is 0 Å². The zero-order chi connectivity index (χ0) is 22.3. The fourth-order valence-electron chi connectivity index (χ4n) is 3.90. The molecule has 0 spiro atoms. The van der Waals surface area contributed by atoms with Gasteiger partial charge in [-0.1, -0.05) is 0 Å². The zero-order valence-electron chi connectivity index (χ0n) is 18.6. The number of amides is 2. The van der Waals surface area contributed by atoms with Crippen molar-refractivity contribution in [3.05, 3.63) is 0 Å². The first-order valence-electron chi connectivity index (χ1n) is 11.2. The van der Waals surface area contributed by atoms with Gasteiger partial charge in [0, 0.05) is 13.1 Å². The van der Waals surface area contributed by atoms with Crippen LogP contribution in [0.15, 0.2) is 4.99 Å².